The zero-order chi connectivity index (χ0) is 12.1. The van der Waals surface area contributed by atoms with E-state index in [1.807, 2.05) is 31.1 Å². The van der Waals surface area contributed by atoms with E-state index in [4.69, 9.17) is 0 Å². The van der Waals surface area contributed by atoms with Crippen LogP contribution in [0.1, 0.15) is 6.92 Å². The van der Waals surface area contributed by atoms with Gasteiger partial charge in [-0.15, -0.1) is 0 Å². The first-order chi connectivity index (χ1) is 7.54. The van der Waals surface area contributed by atoms with Gasteiger partial charge in [-0.2, -0.15) is 0 Å². The van der Waals surface area contributed by atoms with Crippen LogP contribution in [0.25, 0.3) is 0 Å². The number of hydrogen-bond donors (Lipinski definition) is 1. The molecular weight excluding hydrogens is 206 g/mol. The summed E-state index contributed by atoms with van der Waals surface area (Å²) in [5.74, 6) is 0.577. The van der Waals surface area contributed by atoms with Gasteiger partial charge in [0.05, 0.1) is 19.0 Å². The third kappa shape index (κ3) is 3.12. The van der Waals surface area contributed by atoms with Crippen LogP contribution in [0.15, 0.2) is 18.3 Å². The Labute approximate surface area is 95.4 Å². The van der Waals surface area contributed by atoms with Crippen molar-refractivity contribution in [2.45, 2.75) is 13.0 Å². The van der Waals surface area contributed by atoms with Gasteiger partial charge in [0.15, 0.2) is 0 Å². The number of esters is 1. The van der Waals surface area contributed by atoms with E-state index in [-0.39, 0.29) is 12.0 Å². The smallest absolute Gasteiger partial charge is 0.327 e. The number of pyridine rings is 1. The Hall–Kier alpha value is -1.78. The summed E-state index contributed by atoms with van der Waals surface area (Å²) in [7, 11) is 5.22. The minimum atomic E-state index is -0.378. The lowest BCUT2D eigenvalue weighted by molar-refractivity contribution is -0.141. The van der Waals surface area contributed by atoms with Crippen molar-refractivity contribution in [3.8, 4) is 0 Å². The molecule has 1 rings (SSSR count). The van der Waals surface area contributed by atoms with Crippen molar-refractivity contribution in [1.29, 1.82) is 0 Å². The molecular formula is C11H17N3O2. The molecule has 0 bridgehead atoms. The van der Waals surface area contributed by atoms with Crippen molar-refractivity contribution in [1.82, 2.24) is 4.98 Å². The Bertz CT molecular complexity index is 349. The highest BCUT2D eigenvalue weighted by atomic mass is 16.5. The molecule has 1 N–H and O–H groups in total. The Morgan fingerprint density at radius 1 is 1.50 bits per heavy atom. The summed E-state index contributed by atoms with van der Waals surface area (Å²) in [5, 5.41) is 3.00. The Morgan fingerprint density at radius 2 is 2.19 bits per heavy atom. The van der Waals surface area contributed by atoms with Crippen LogP contribution >= 0.6 is 0 Å². The normalized spacial score (nSPS) is 11.8. The second kappa shape index (κ2) is 5.34. The SMILES string of the molecule is COC(=O)C(C)Nc1ccc(N(C)C)nc1. The summed E-state index contributed by atoms with van der Waals surface area (Å²) in [6.07, 6.45) is 1.69. The lowest BCUT2D eigenvalue weighted by atomic mass is 10.3. The van der Waals surface area contributed by atoms with E-state index in [1.54, 1.807) is 13.1 Å². The Morgan fingerprint density at radius 3 is 2.62 bits per heavy atom. The van der Waals surface area contributed by atoms with Crippen LogP contribution < -0.4 is 10.2 Å². The molecule has 0 fully saturated rings. The van der Waals surface area contributed by atoms with Gasteiger partial charge in [0, 0.05) is 14.1 Å². The van der Waals surface area contributed by atoms with Crippen LogP contribution in [0, 0.1) is 0 Å². The predicted molar refractivity (Wildman–Crippen MR) is 63.7 cm³/mol. The number of hydrogen-bond acceptors (Lipinski definition) is 5. The summed E-state index contributed by atoms with van der Waals surface area (Å²) in [6.45, 7) is 1.74. The van der Waals surface area contributed by atoms with Crippen LogP contribution in [0.4, 0.5) is 11.5 Å². The second-order valence-corrected chi connectivity index (χ2v) is 3.69. The van der Waals surface area contributed by atoms with Crippen molar-refractivity contribution in [2.24, 2.45) is 0 Å². The lowest BCUT2D eigenvalue weighted by Gasteiger charge is -2.14. The number of carbonyl (C=O) groups is 1. The molecule has 0 amide bonds. The van der Waals surface area contributed by atoms with Crippen LogP contribution in [0.3, 0.4) is 0 Å². The third-order valence-corrected chi connectivity index (χ3v) is 2.14. The average Bonchev–Trinajstić information content (AvgIpc) is 2.28. The van der Waals surface area contributed by atoms with Gasteiger partial charge in [0.2, 0.25) is 0 Å². The summed E-state index contributed by atoms with van der Waals surface area (Å²) in [5.41, 5.74) is 0.795. The van der Waals surface area contributed by atoms with Crippen LogP contribution in [0.5, 0.6) is 0 Å². The Kier molecular flexibility index (Phi) is 4.10. The van der Waals surface area contributed by atoms with E-state index in [1.165, 1.54) is 7.11 Å². The van der Waals surface area contributed by atoms with Crippen molar-refractivity contribution in [3.63, 3.8) is 0 Å². The summed E-state index contributed by atoms with van der Waals surface area (Å²) in [6, 6.07) is 3.38. The molecule has 1 heterocycles. The molecule has 5 nitrogen and oxygen atoms in total. The minimum absolute atomic E-state index is 0.295. The average molecular weight is 223 g/mol. The predicted octanol–water partition coefficient (Wildman–Crippen LogP) is 1.12. The molecule has 88 valence electrons. The number of carbonyl (C=O) groups excluding carboxylic acids is 1. The highest BCUT2D eigenvalue weighted by Gasteiger charge is 2.12. The molecule has 0 radical (unpaired) electrons. The van der Waals surface area contributed by atoms with E-state index in [9.17, 15) is 4.79 Å². The zero-order valence-electron chi connectivity index (χ0n) is 10.0. The molecule has 5 heteroatoms. The molecule has 0 aromatic carbocycles. The Balaban J connectivity index is 2.65. The van der Waals surface area contributed by atoms with Gasteiger partial charge in [0.25, 0.3) is 0 Å². The molecule has 0 aliphatic heterocycles. The molecule has 1 aromatic heterocycles. The maximum absolute atomic E-state index is 11.2. The standard InChI is InChI=1S/C11H17N3O2/c1-8(11(15)16-4)13-9-5-6-10(12-7-9)14(2)3/h5-8,13H,1-4H3. The lowest BCUT2D eigenvalue weighted by Crippen LogP contribution is -2.27. The summed E-state index contributed by atoms with van der Waals surface area (Å²) < 4.78 is 4.62. The molecule has 1 unspecified atom stereocenters. The number of rotatable bonds is 4. The van der Waals surface area contributed by atoms with Crippen molar-refractivity contribution >= 4 is 17.5 Å². The molecule has 0 aliphatic rings. The maximum atomic E-state index is 11.2. The van der Waals surface area contributed by atoms with Gasteiger partial charge in [-0.05, 0) is 19.1 Å². The topological polar surface area (TPSA) is 54.5 Å². The van der Waals surface area contributed by atoms with Crippen molar-refractivity contribution in [2.75, 3.05) is 31.4 Å². The van der Waals surface area contributed by atoms with Gasteiger partial charge in [-0.25, -0.2) is 9.78 Å². The molecule has 1 aromatic rings. The molecule has 16 heavy (non-hydrogen) atoms. The van der Waals surface area contributed by atoms with Crippen molar-refractivity contribution in [3.05, 3.63) is 18.3 Å². The molecule has 0 spiro atoms. The van der Waals surface area contributed by atoms with Gasteiger partial charge in [-0.1, -0.05) is 0 Å². The van der Waals surface area contributed by atoms with Gasteiger partial charge < -0.3 is 15.0 Å². The van der Waals surface area contributed by atoms with E-state index in [2.05, 4.69) is 15.0 Å². The van der Waals surface area contributed by atoms with Crippen LogP contribution in [0.2, 0.25) is 0 Å². The number of nitrogens with one attached hydrogen (secondary N) is 1. The first-order valence-corrected chi connectivity index (χ1v) is 5.02. The monoisotopic (exact) mass is 223 g/mol. The van der Waals surface area contributed by atoms with Crippen LogP contribution in [-0.4, -0.2) is 38.2 Å². The fourth-order valence-corrected chi connectivity index (χ4v) is 1.22. The second-order valence-electron chi connectivity index (χ2n) is 3.69. The minimum Gasteiger partial charge on any atom is -0.467 e. The number of aromatic nitrogens is 1. The maximum Gasteiger partial charge on any atom is 0.327 e. The molecule has 0 saturated carbocycles. The quantitative estimate of drug-likeness (QED) is 0.775. The van der Waals surface area contributed by atoms with E-state index in [0.29, 0.717) is 0 Å². The van der Waals surface area contributed by atoms with E-state index >= 15 is 0 Å². The number of anilines is 2. The van der Waals surface area contributed by atoms with Crippen LogP contribution in [-0.2, 0) is 9.53 Å². The van der Waals surface area contributed by atoms with Gasteiger partial charge in [-0.3, -0.25) is 0 Å². The number of ether oxygens (including phenoxy) is 1. The van der Waals surface area contributed by atoms with Gasteiger partial charge >= 0.3 is 5.97 Å². The first kappa shape index (κ1) is 12.3. The fraction of sp³-hybridized carbons (Fsp3) is 0.455. The molecule has 1 atom stereocenters. The highest BCUT2D eigenvalue weighted by molar-refractivity contribution is 5.78. The number of methoxy groups -OCH3 is 1. The largest absolute Gasteiger partial charge is 0.467 e. The number of nitrogens with zero attached hydrogens (tertiary/aromatic N) is 2. The molecule has 0 aliphatic carbocycles. The highest BCUT2D eigenvalue weighted by Crippen LogP contribution is 2.12. The summed E-state index contributed by atoms with van der Waals surface area (Å²) >= 11 is 0. The van der Waals surface area contributed by atoms with Crippen molar-refractivity contribution < 1.29 is 9.53 Å². The van der Waals surface area contributed by atoms with Gasteiger partial charge in [0.1, 0.15) is 11.9 Å². The van der Waals surface area contributed by atoms with E-state index in [0.717, 1.165) is 11.5 Å². The summed E-state index contributed by atoms with van der Waals surface area (Å²) in [4.78, 5) is 17.3. The van der Waals surface area contributed by atoms with E-state index < -0.39 is 0 Å². The fourth-order valence-electron chi connectivity index (χ4n) is 1.22. The zero-order valence-corrected chi connectivity index (χ0v) is 10.0. The first-order valence-electron chi connectivity index (χ1n) is 5.02. The third-order valence-electron chi connectivity index (χ3n) is 2.14. The molecule has 0 saturated heterocycles.